The second-order valence-electron chi connectivity index (χ2n) is 5.66. The number of rotatable bonds is 11. The van der Waals surface area contributed by atoms with Crippen molar-refractivity contribution in [3.05, 3.63) is 69.8 Å². The van der Waals surface area contributed by atoms with E-state index >= 15 is 0 Å². The maximum absolute atomic E-state index is 11.1. The SMILES string of the molecule is Cc1cccc(NCCCOCCOCc2ccccc2)c1[N+](=O)[O-]. The molecular weight excluding hydrogens is 320 g/mol. The van der Waals surface area contributed by atoms with E-state index in [1.165, 1.54) is 0 Å². The Morgan fingerprint density at radius 1 is 1.00 bits per heavy atom. The van der Waals surface area contributed by atoms with Gasteiger partial charge in [0.2, 0.25) is 0 Å². The highest BCUT2D eigenvalue weighted by atomic mass is 16.6. The average molecular weight is 344 g/mol. The number of nitro groups is 1. The predicted molar refractivity (Wildman–Crippen MR) is 97.9 cm³/mol. The predicted octanol–water partition coefficient (Wildman–Crippen LogP) is 3.94. The van der Waals surface area contributed by atoms with E-state index in [1.807, 2.05) is 36.4 Å². The molecule has 0 aliphatic rings. The molecule has 6 heteroatoms. The lowest BCUT2D eigenvalue weighted by atomic mass is 10.1. The minimum Gasteiger partial charge on any atom is -0.379 e. The lowest BCUT2D eigenvalue weighted by Gasteiger charge is -2.09. The Labute approximate surface area is 147 Å². The molecule has 0 radical (unpaired) electrons. The molecule has 1 N–H and O–H groups in total. The minimum absolute atomic E-state index is 0.137. The molecule has 0 saturated heterocycles. The smallest absolute Gasteiger partial charge is 0.295 e. The lowest BCUT2D eigenvalue weighted by Crippen LogP contribution is -2.10. The maximum atomic E-state index is 11.1. The molecule has 2 aromatic carbocycles. The Morgan fingerprint density at radius 3 is 2.52 bits per heavy atom. The number of hydrogen-bond donors (Lipinski definition) is 1. The fraction of sp³-hybridized carbons (Fsp3) is 0.368. The molecule has 0 atom stereocenters. The Kier molecular flexibility index (Phi) is 7.88. The van der Waals surface area contributed by atoms with Gasteiger partial charge in [0.1, 0.15) is 5.69 Å². The molecule has 0 aliphatic carbocycles. The van der Waals surface area contributed by atoms with Crippen LogP contribution in [0, 0.1) is 17.0 Å². The van der Waals surface area contributed by atoms with Crippen molar-refractivity contribution in [2.24, 2.45) is 0 Å². The van der Waals surface area contributed by atoms with E-state index in [4.69, 9.17) is 9.47 Å². The van der Waals surface area contributed by atoms with E-state index < -0.39 is 0 Å². The van der Waals surface area contributed by atoms with Crippen molar-refractivity contribution in [2.75, 3.05) is 31.7 Å². The molecular formula is C19H24N2O4. The fourth-order valence-electron chi connectivity index (χ4n) is 2.43. The van der Waals surface area contributed by atoms with Gasteiger partial charge in [-0.3, -0.25) is 10.1 Å². The first-order valence-corrected chi connectivity index (χ1v) is 8.36. The molecule has 0 bridgehead atoms. The van der Waals surface area contributed by atoms with Gasteiger partial charge in [-0.15, -0.1) is 0 Å². The van der Waals surface area contributed by atoms with Crippen LogP contribution in [0.2, 0.25) is 0 Å². The molecule has 0 saturated carbocycles. The van der Waals surface area contributed by atoms with E-state index in [-0.39, 0.29) is 10.6 Å². The summed E-state index contributed by atoms with van der Waals surface area (Å²) < 4.78 is 11.0. The Morgan fingerprint density at radius 2 is 1.76 bits per heavy atom. The number of hydrogen-bond acceptors (Lipinski definition) is 5. The van der Waals surface area contributed by atoms with Crippen molar-refractivity contribution >= 4 is 11.4 Å². The summed E-state index contributed by atoms with van der Waals surface area (Å²) in [6.07, 6.45) is 0.768. The molecule has 0 fully saturated rings. The summed E-state index contributed by atoms with van der Waals surface area (Å²) in [4.78, 5) is 10.8. The molecule has 6 nitrogen and oxygen atoms in total. The Hall–Kier alpha value is -2.44. The van der Waals surface area contributed by atoms with Gasteiger partial charge in [-0.1, -0.05) is 42.5 Å². The molecule has 25 heavy (non-hydrogen) atoms. The summed E-state index contributed by atoms with van der Waals surface area (Å²) in [5.41, 5.74) is 2.49. The van der Waals surface area contributed by atoms with Crippen LogP contribution in [0.3, 0.4) is 0 Å². The van der Waals surface area contributed by atoms with E-state index in [2.05, 4.69) is 5.32 Å². The largest absolute Gasteiger partial charge is 0.379 e. The maximum Gasteiger partial charge on any atom is 0.295 e. The van der Waals surface area contributed by atoms with Crippen LogP contribution in [-0.4, -0.2) is 31.3 Å². The van der Waals surface area contributed by atoms with Crippen molar-refractivity contribution < 1.29 is 14.4 Å². The summed E-state index contributed by atoms with van der Waals surface area (Å²) >= 11 is 0. The highest BCUT2D eigenvalue weighted by Gasteiger charge is 2.15. The van der Waals surface area contributed by atoms with Crippen molar-refractivity contribution in [3.63, 3.8) is 0 Å². The van der Waals surface area contributed by atoms with Gasteiger partial charge in [0, 0.05) is 18.7 Å². The minimum atomic E-state index is -0.349. The van der Waals surface area contributed by atoms with E-state index in [0.29, 0.717) is 44.2 Å². The van der Waals surface area contributed by atoms with Gasteiger partial charge < -0.3 is 14.8 Å². The van der Waals surface area contributed by atoms with Crippen LogP contribution in [-0.2, 0) is 16.1 Å². The number of ether oxygens (including phenoxy) is 2. The third-order valence-corrected chi connectivity index (χ3v) is 3.68. The van der Waals surface area contributed by atoms with Gasteiger partial charge in [-0.05, 0) is 25.0 Å². The molecule has 2 aromatic rings. The van der Waals surface area contributed by atoms with Crippen LogP contribution in [0.1, 0.15) is 17.5 Å². The number of nitrogens with zero attached hydrogens (tertiary/aromatic N) is 1. The Balaban J connectivity index is 1.55. The first kappa shape index (κ1) is 18.9. The summed E-state index contributed by atoms with van der Waals surface area (Å²) in [7, 11) is 0. The number of para-hydroxylation sites is 1. The topological polar surface area (TPSA) is 73.6 Å². The first-order valence-electron chi connectivity index (χ1n) is 8.36. The van der Waals surface area contributed by atoms with Crippen molar-refractivity contribution in [1.82, 2.24) is 0 Å². The number of nitro benzene ring substituents is 1. The van der Waals surface area contributed by atoms with Crippen molar-refractivity contribution in [1.29, 1.82) is 0 Å². The molecule has 0 aliphatic heterocycles. The second kappa shape index (κ2) is 10.4. The highest BCUT2D eigenvalue weighted by molar-refractivity contribution is 5.64. The van der Waals surface area contributed by atoms with Crippen LogP contribution in [0.25, 0.3) is 0 Å². The first-order chi connectivity index (χ1) is 12.2. The number of nitrogens with one attached hydrogen (secondary N) is 1. The van der Waals surface area contributed by atoms with Crippen LogP contribution < -0.4 is 5.32 Å². The van der Waals surface area contributed by atoms with Gasteiger partial charge >= 0.3 is 0 Å². The van der Waals surface area contributed by atoms with E-state index in [1.54, 1.807) is 19.1 Å². The summed E-state index contributed by atoms with van der Waals surface area (Å²) in [5, 5.41) is 14.2. The van der Waals surface area contributed by atoms with Crippen LogP contribution >= 0.6 is 0 Å². The third kappa shape index (κ3) is 6.52. The van der Waals surface area contributed by atoms with Crippen LogP contribution in [0.15, 0.2) is 48.5 Å². The van der Waals surface area contributed by atoms with Gasteiger partial charge in [0.15, 0.2) is 0 Å². The zero-order valence-electron chi connectivity index (χ0n) is 14.4. The fourth-order valence-corrected chi connectivity index (χ4v) is 2.43. The summed E-state index contributed by atoms with van der Waals surface area (Å²) in [6.45, 7) is 4.62. The average Bonchev–Trinajstić information content (AvgIpc) is 2.61. The quantitative estimate of drug-likeness (QED) is 0.380. The van der Waals surface area contributed by atoms with Gasteiger partial charge in [0.25, 0.3) is 5.69 Å². The number of benzene rings is 2. The highest BCUT2D eigenvalue weighted by Crippen LogP contribution is 2.27. The summed E-state index contributed by atoms with van der Waals surface area (Å²) in [6, 6.07) is 15.3. The molecule has 0 aromatic heterocycles. The third-order valence-electron chi connectivity index (χ3n) is 3.68. The molecule has 0 heterocycles. The molecule has 0 spiro atoms. The van der Waals surface area contributed by atoms with E-state index in [9.17, 15) is 10.1 Å². The lowest BCUT2D eigenvalue weighted by molar-refractivity contribution is -0.384. The molecule has 0 amide bonds. The standard InChI is InChI=1S/C19H24N2O4/c1-16-7-5-10-18(19(16)21(22)23)20-11-6-12-24-13-14-25-15-17-8-3-2-4-9-17/h2-5,7-10,20H,6,11-15H2,1H3. The normalized spacial score (nSPS) is 10.6. The second-order valence-corrected chi connectivity index (χ2v) is 5.66. The van der Waals surface area contributed by atoms with E-state index in [0.717, 1.165) is 12.0 Å². The van der Waals surface area contributed by atoms with Gasteiger partial charge in [-0.25, -0.2) is 0 Å². The zero-order valence-corrected chi connectivity index (χ0v) is 14.4. The monoisotopic (exact) mass is 344 g/mol. The molecule has 0 unspecified atom stereocenters. The Bertz CT molecular complexity index is 662. The van der Waals surface area contributed by atoms with Gasteiger partial charge in [-0.2, -0.15) is 0 Å². The zero-order chi connectivity index (χ0) is 17.9. The van der Waals surface area contributed by atoms with Crippen molar-refractivity contribution in [2.45, 2.75) is 20.0 Å². The molecule has 134 valence electrons. The number of anilines is 1. The number of aryl methyl sites for hydroxylation is 1. The van der Waals surface area contributed by atoms with Crippen molar-refractivity contribution in [3.8, 4) is 0 Å². The van der Waals surface area contributed by atoms with Gasteiger partial charge in [0.05, 0.1) is 24.7 Å². The van der Waals surface area contributed by atoms with Crippen LogP contribution in [0.4, 0.5) is 11.4 Å². The summed E-state index contributed by atoms with van der Waals surface area (Å²) in [5.74, 6) is 0. The van der Waals surface area contributed by atoms with Crippen LogP contribution in [0.5, 0.6) is 0 Å². The molecule has 2 rings (SSSR count).